The van der Waals surface area contributed by atoms with E-state index < -0.39 is 5.92 Å². The van der Waals surface area contributed by atoms with Crippen LogP contribution in [-0.2, 0) is 15.0 Å². The third-order valence-corrected chi connectivity index (χ3v) is 5.93. The molecule has 0 radical (unpaired) electrons. The average Bonchev–Trinajstić information content (AvgIpc) is 3.16. The van der Waals surface area contributed by atoms with Crippen LogP contribution in [0.15, 0.2) is 18.2 Å². The summed E-state index contributed by atoms with van der Waals surface area (Å²) in [6.07, 6.45) is 0.169. The highest BCUT2D eigenvalue weighted by molar-refractivity contribution is 7.15. The van der Waals surface area contributed by atoms with Crippen LogP contribution in [0.5, 0.6) is 0 Å². The molecule has 0 aliphatic carbocycles. The lowest BCUT2D eigenvalue weighted by molar-refractivity contribution is -0.122. The molecule has 26 heavy (non-hydrogen) atoms. The minimum absolute atomic E-state index is 0.0854. The van der Waals surface area contributed by atoms with Crippen LogP contribution in [0, 0.1) is 12.8 Å². The Kier molecular flexibility index (Phi) is 5.03. The molecule has 0 bridgehead atoms. The molecule has 2 aromatic rings. The van der Waals surface area contributed by atoms with Gasteiger partial charge >= 0.3 is 0 Å². The van der Waals surface area contributed by atoms with Crippen LogP contribution in [-0.4, -0.2) is 28.6 Å². The van der Waals surface area contributed by atoms with Crippen molar-refractivity contribution < 1.29 is 9.59 Å². The van der Waals surface area contributed by atoms with Crippen LogP contribution < -0.4 is 10.2 Å². The number of nitrogens with zero attached hydrogens (tertiary/aromatic N) is 3. The van der Waals surface area contributed by atoms with E-state index in [-0.39, 0.29) is 23.7 Å². The third kappa shape index (κ3) is 3.88. The maximum absolute atomic E-state index is 12.5. The first-order valence-corrected chi connectivity index (χ1v) is 9.56. The SMILES string of the molecule is Cc1ccc(N2C[C@H](C(=O)Nc3nnc(C(C)(C)C)s3)CC2=O)cc1Cl. The molecular weight excluding hydrogens is 372 g/mol. The Morgan fingerprint density at radius 2 is 2.08 bits per heavy atom. The minimum Gasteiger partial charge on any atom is -0.312 e. The normalized spacial score (nSPS) is 17.7. The second-order valence-corrected chi connectivity index (χ2v) is 8.88. The van der Waals surface area contributed by atoms with Gasteiger partial charge in [-0.3, -0.25) is 9.59 Å². The summed E-state index contributed by atoms with van der Waals surface area (Å²) in [5.74, 6) is -0.724. The number of benzene rings is 1. The van der Waals surface area contributed by atoms with Gasteiger partial charge in [-0.1, -0.05) is 49.8 Å². The number of rotatable bonds is 3. The van der Waals surface area contributed by atoms with E-state index in [1.807, 2.05) is 39.8 Å². The lowest BCUT2D eigenvalue weighted by Crippen LogP contribution is -2.28. The van der Waals surface area contributed by atoms with Gasteiger partial charge in [0.15, 0.2) is 0 Å². The molecule has 1 aromatic heterocycles. The van der Waals surface area contributed by atoms with Crippen molar-refractivity contribution in [3.05, 3.63) is 33.8 Å². The maximum Gasteiger partial charge on any atom is 0.231 e. The predicted molar refractivity (Wildman–Crippen MR) is 104 cm³/mol. The first kappa shape index (κ1) is 18.8. The van der Waals surface area contributed by atoms with E-state index in [0.29, 0.717) is 22.4 Å². The Bertz CT molecular complexity index is 859. The van der Waals surface area contributed by atoms with Crippen molar-refractivity contribution in [2.24, 2.45) is 5.92 Å². The lowest BCUT2D eigenvalue weighted by Gasteiger charge is -2.17. The molecular formula is C18H21ClN4O2S. The summed E-state index contributed by atoms with van der Waals surface area (Å²) in [6, 6.07) is 5.47. The van der Waals surface area contributed by atoms with Gasteiger partial charge in [-0.05, 0) is 24.6 Å². The molecule has 2 amide bonds. The fraction of sp³-hybridized carbons (Fsp3) is 0.444. The number of aryl methyl sites for hydroxylation is 1. The van der Waals surface area contributed by atoms with Crippen molar-refractivity contribution in [3.63, 3.8) is 0 Å². The summed E-state index contributed by atoms with van der Waals surface area (Å²) >= 11 is 7.51. The topological polar surface area (TPSA) is 75.2 Å². The zero-order valence-corrected chi connectivity index (χ0v) is 16.7. The summed E-state index contributed by atoms with van der Waals surface area (Å²) in [5.41, 5.74) is 1.54. The van der Waals surface area contributed by atoms with Crippen molar-refractivity contribution in [1.82, 2.24) is 10.2 Å². The van der Waals surface area contributed by atoms with Crippen LogP contribution in [0.2, 0.25) is 5.02 Å². The monoisotopic (exact) mass is 392 g/mol. The lowest BCUT2D eigenvalue weighted by atomic mass is 9.98. The Morgan fingerprint density at radius 3 is 2.69 bits per heavy atom. The van der Waals surface area contributed by atoms with Gasteiger partial charge in [0.1, 0.15) is 5.01 Å². The number of aromatic nitrogens is 2. The number of amides is 2. The Labute approximate surface area is 161 Å². The Balaban J connectivity index is 1.69. The number of anilines is 2. The average molecular weight is 393 g/mol. The van der Waals surface area contributed by atoms with Gasteiger partial charge in [0, 0.05) is 29.1 Å². The van der Waals surface area contributed by atoms with Crippen molar-refractivity contribution in [3.8, 4) is 0 Å². The van der Waals surface area contributed by atoms with Gasteiger partial charge in [0.25, 0.3) is 0 Å². The Morgan fingerprint density at radius 1 is 1.35 bits per heavy atom. The van der Waals surface area contributed by atoms with E-state index in [1.54, 1.807) is 11.0 Å². The first-order valence-electron chi connectivity index (χ1n) is 8.36. The van der Waals surface area contributed by atoms with E-state index >= 15 is 0 Å². The Hall–Kier alpha value is -1.99. The molecule has 3 rings (SSSR count). The highest BCUT2D eigenvalue weighted by Crippen LogP contribution is 2.31. The van der Waals surface area contributed by atoms with Crippen LogP contribution >= 0.6 is 22.9 Å². The molecule has 2 heterocycles. The zero-order chi connectivity index (χ0) is 19.1. The number of halogens is 1. The molecule has 1 N–H and O–H groups in total. The number of hydrogen-bond donors (Lipinski definition) is 1. The van der Waals surface area contributed by atoms with Crippen molar-refractivity contribution in [1.29, 1.82) is 0 Å². The van der Waals surface area contributed by atoms with Crippen molar-refractivity contribution in [2.45, 2.75) is 39.5 Å². The van der Waals surface area contributed by atoms with Crippen LogP contribution in [0.3, 0.4) is 0 Å². The predicted octanol–water partition coefficient (Wildman–Crippen LogP) is 3.79. The van der Waals surface area contributed by atoms with Gasteiger partial charge in [-0.15, -0.1) is 10.2 Å². The molecule has 0 saturated carbocycles. The highest BCUT2D eigenvalue weighted by Gasteiger charge is 2.35. The van der Waals surface area contributed by atoms with E-state index in [1.165, 1.54) is 11.3 Å². The number of carbonyl (C=O) groups is 2. The van der Waals surface area contributed by atoms with Crippen LogP contribution in [0.25, 0.3) is 0 Å². The first-order chi connectivity index (χ1) is 12.1. The van der Waals surface area contributed by atoms with Crippen molar-refractivity contribution in [2.75, 3.05) is 16.8 Å². The molecule has 8 heteroatoms. The van der Waals surface area contributed by atoms with E-state index in [9.17, 15) is 9.59 Å². The standard InChI is InChI=1S/C18H21ClN4O2S/c1-10-5-6-12(8-13(10)19)23-9-11(7-14(23)24)15(25)20-17-22-21-16(26-17)18(2,3)4/h5-6,8,11H,7,9H2,1-4H3,(H,20,22,25)/t11-/m1/s1. The van der Waals surface area contributed by atoms with Gasteiger partial charge in [-0.2, -0.15) is 0 Å². The molecule has 138 valence electrons. The molecule has 6 nitrogen and oxygen atoms in total. The molecule has 1 saturated heterocycles. The number of nitrogens with one attached hydrogen (secondary N) is 1. The minimum atomic E-state index is -0.426. The quantitative estimate of drug-likeness (QED) is 0.862. The summed E-state index contributed by atoms with van der Waals surface area (Å²) in [5, 5.41) is 12.9. The number of hydrogen-bond acceptors (Lipinski definition) is 5. The van der Waals surface area contributed by atoms with E-state index in [2.05, 4.69) is 15.5 Å². The summed E-state index contributed by atoms with van der Waals surface area (Å²) < 4.78 is 0. The molecule has 1 aromatic carbocycles. The fourth-order valence-corrected chi connectivity index (χ4v) is 3.65. The molecule has 1 aliphatic rings. The van der Waals surface area contributed by atoms with Gasteiger partial charge in [0.05, 0.1) is 5.92 Å². The fourth-order valence-electron chi connectivity index (χ4n) is 2.67. The van der Waals surface area contributed by atoms with Gasteiger partial charge in [-0.25, -0.2) is 0 Å². The maximum atomic E-state index is 12.5. The largest absolute Gasteiger partial charge is 0.312 e. The molecule has 1 atom stereocenters. The summed E-state index contributed by atoms with van der Waals surface area (Å²) in [6.45, 7) is 8.36. The van der Waals surface area contributed by atoms with Crippen LogP contribution in [0.1, 0.15) is 37.8 Å². The van der Waals surface area contributed by atoms with Gasteiger partial charge in [0.2, 0.25) is 16.9 Å². The van der Waals surface area contributed by atoms with Crippen LogP contribution in [0.4, 0.5) is 10.8 Å². The molecule has 0 spiro atoms. The summed E-state index contributed by atoms with van der Waals surface area (Å²) in [4.78, 5) is 26.5. The molecule has 1 aliphatic heterocycles. The molecule has 0 unspecified atom stereocenters. The van der Waals surface area contributed by atoms with Gasteiger partial charge < -0.3 is 10.2 Å². The van der Waals surface area contributed by atoms with Crippen molar-refractivity contribution >= 4 is 45.6 Å². The zero-order valence-electron chi connectivity index (χ0n) is 15.2. The third-order valence-electron chi connectivity index (χ3n) is 4.26. The summed E-state index contributed by atoms with van der Waals surface area (Å²) in [7, 11) is 0. The van der Waals surface area contributed by atoms with E-state index in [4.69, 9.17) is 11.6 Å². The number of carbonyl (C=O) groups excluding carboxylic acids is 2. The molecule has 1 fully saturated rings. The van der Waals surface area contributed by atoms with E-state index in [0.717, 1.165) is 10.6 Å². The highest BCUT2D eigenvalue weighted by atomic mass is 35.5. The second kappa shape index (κ2) is 6.96. The smallest absolute Gasteiger partial charge is 0.231 e. The second-order valence-electron chi connectivity index (χ2n) is 7.49.